The van der Waals surface area contributed by atoms with Gasteiger partial charge in [-0.3, -0.25) is 4.79 Å². The van der Waals surface area contributed by atoms with Gasteiger partial charge < -0.3 is 4.74 Å². The Bertz CT molecular complexity index is 130. The minimum absolute atomic E-state index is 0.369. The summed E-state index contributed by atoms with van der Waals surface area (Å²) in [6, 6.07) is 0. The summed E-state index contributed by atoms with van der Waals surface area (Å²) >= 11 is 0. The van der Waals surface area contributed by atoms with Gasteiger partial charge in [-0.05, 0) is 17.9 Å². The Hall–Kier alpha value is -0.790. The average Bonchev–Trinajstić information content (AvgIpc) is 2.00. The lowest BCUT2D eigenvalue weighted by Gasteiger charge is -2.09. The minimum atomic E-state index is 0.369. The van der Waals surface area contributed by atoms with E-state index in [1.54, 1.807) is 0 Å². The Balaban J connectivity index is 3.43. The number of hydrogen-bond donors (Lipinski definition) is 0. The Morgan fingerprint density at radius 3 is 2.82 bits per heavy atom. The van der Waals surface area contributed by atoms with Crippen molar-refractivity contribution in [2.24, 2.45) is 5.92 Å². The van der Waals surface area contributed by atoms with Gasteiger partial charge in [0.1, 0.15) is 6.61 Å². The second kappa shape index (κ2) is 5.96. The van der Waals surface area contributed by atoms with E-state index in [0.29, 0.717) is 19.0 Å². The van der Waals surface area contributed by atoms with Crippen LogP contribution >= 0.6 is 0 Å². The molecule has 0 spiro atoms. The zero-order chi connectivity index (χ0) is 8.69. The lowest BCUT2D eigenvalue weighted by Crippen LogP contribution is -2.00. The molecule has 0 fully saturated rings. The van der Waals surface area contributed by atoms with E-state index in [0.717, 1.165) is 18.4 Å². The van der Waals surface area contributed by atoms with E-state index in [2.05, 4.69) is 25.2 Å². The molecule has 0 aliphatic heterocycles. The molecule has 0 saturated heterocycles. The van der Waals surface area contributed by atoms with Crippen molar-refractivity contribution >= 4 is 6.47 Å². The standard InChI is InChI=1S/C9H16O2/c1-4-8(2)5-9(3)6-11-7-10/h7-8H,3-6H2,1-2H3. The first-order chi connectivity index (χ1) is 5.20. The monoisotopic (exact) mass is 156 g/mol. The van der Waals surface area contributed by atoms with E-state index in [9.17, 15) is 4.79 Å². The number of hydrogen-bond acceptors (Lipinski definition) is 2. The van der Waals surface area contributed by atoms with Gasteiger partial charge >= 0.3 is 0 Å². The van der Waals surface area contributed by atoms with Gasteiger partial charge in [-0.25, -0.2) is 0 Å². The maximum atomic E-state index is 9.80. The topological polar surface area (TPSA) is 26.3 Å². The highest BCUT2D eigenvalue weighted by atomic mass is 16.5. The maximum absolute atomic E-state index is 9.80. The van der Waals surface area contributed by atoms with Gasteiger partial charge in [-0.15, -0.1) is 0 Å². The highest BCUT2D eigenvalue weighted by Crippen LogP contribution is 2.12. The normalized spacial score (nSPS) is 12.2. The number of rotatable bonds is 6. The average molecular weight is 156 g/mol. The molecule has 0 rings (SSSR count). The van der Waals surface area contributed by atoms with Gasteiger partial charge in [0.05, 0.1) is 0 Å². The summed E-state index contributed by atoms with van der Waals surface area (Å²) in [4.78, 5) is 9.80. The van der Waals surface area contributed by atoms with Crippen molar-refractivity contribution in [3.63, 3.8) is 0 Å². The molecule has 1 unspecified atom stereocenters. The highest BCUT2D eigenvalue weighted by Gasteiger charge is 2.01. The van der Waals surface area contributed by atoms with Gasteiger partial charge in [0, 0.05) is 0 Å². The third kappa shape index (κ3) is 5.64. The Kier molecular flexibility index (Phi) is 5.53. The van der Waals surface area contributed by atoms with Crippen molar-refractivity contribution in [3.8, 4) is 0 Å². The second-order valence-electron chi connectivity index (χ2n) is 2.87. The van der Waals surface area contributed by atoms with Crippen molar-refractivity contribution in [1.82, 2.24) is 0 Å². The molecule has 0 N–H and O–H groups in total. The molecule has 0 aromatic rings. The van der Waals surface area contributed by atoms with E-state index in [1.165, 1.54) is 0 Å². The van der Waals surface area contributed by atoms with Crippen molar-refractivity contribution in [2.75, 3.05) is 6.61 Å². The van der Waals surface area contributed by atoms with Gasteiger partial charge in [0.15, 0.2) is 0 Å². The second-order valence-corrected chi connectivity index (χ2v) is 2.87. The molecule has 0 aliphatic carbocycles. The van der Waals surface area contributed by atoms with E-state index in [1.807, 2.05) is 0 Å². The van der Waals surface area contributed by atoms with Crippen LogP contribution in [0.2, 0.25) is 0 Å². The van der Waals surface area contributed by atoms with Crippen molar-refractivity contribution in [3.05, 3.63) is 12.2 Å². The van der Waals surface area contributed by atoms with Crippen LogP contribution in [0.15, 0.2) is 12.2 Å². The summed E-state index contributed by atoms with van der Waals surface area (Å²) in [6.07, 6.45) is 2.09. The predicted octanol–water partition coefficient (Wildman–Crippen LogP) is 2.15. The molecule has 0 bridgehead atoms. The molecular formula is C9H16O2. The molecule has 0 saturated carbocycles. The third-order valence-corrected chi connectivity index (χ3v) is 1.69. The Labute approximate surface area is 68.2 Å². The summed E-state index contributed by atoms with van der Waals surface area (Å²) in [5.74, 6) is 0.637. The quantitative estimate of drug-likeness (QED) is 0.435. The molecule has 0 amide bonds. The van der Waals surface area contributed by atoms with Gasteiger partial charge in [-0.1, -0.05) is 26.8 Å². The number of ether oxygens (including phenoxy) is 1. The largest absolute Gasteiger partial charge is 0.463 e. The van der Waals surface area contributed by atoms with E-state index < -0.39 is 0 Å². The van der Waals surface area contributed by atoms with Crippen molar-refractivity contribution < 1.29 is 9.53 Å². The zero-order valence-corrected chi connectivity index (χ0v) is 7.30. The summed E-state index contributed by atoms with van der Waals surface area (Å²) in [5.41, 5.74) is 0.992. The maximum Gasteiger partial charge on any atom is 0.293 e. The van der Waals surface area contributed by atoms with Crippen LogP contribution in [-0.2, 0) is 9.53 Å². The van der Waals surface area contributed by atoms with Crippen LogP contribution in [-0.4, -0.2) is 13.1 Å². The van der Waals surface area contributed by atoms with E-state index >= 15 is 0 Å². The third-order valence-electron chi connectivity index (χ3n) is 1.69. The highest BCUT2D eigenvalue weighted by molar-refractivity contribution is 5.37. The van der Waals surface area contributed by atoms with Gasteiger partial charge in [0.25, 0.3) is 6.47 Å². The van der Waals surface area contributed by atoms with Crippen molar-refractivity contribution in [2.45, 2.75) is 26.7 Å². The molecule has 2 heteroatoms. The molecular weight excluding hydrogens is 140 g/mol. The van der Waals surface area contributed by atoms with Crippen LogP contribution in [0.3, 0.4) is 0 Å². The lowest BCUT2D eigenvalue weighted by molar-refractivity contribution is -0.127. The number of carbonyl (C=O) groups is 1. The van der Waals surface area contributed by atoms with Gasteiger partial charge in [0.2, 0.25) is 0 Å². The fourth-order valence-electron chi connectivity index (χ4n) is 0.848. The first-order valence-corrected chi connectivity index (χ1v) is 3.92. The van der Waals surface area contributed by atoms with Crippen LogP contribution in [0, 0.1) is 5.92 Å². The molecule has 0 aromatic heterocycles. The molecule has 0 aliphatic rings. The van der Waals surface area contributed by atoms with Crippen LogP contribution in [0.1, 0.15) is 26.7 Å². The summed E-state index contributed by atoms with van der Waals surface area (Å²) < 4.78 is 4.56. The molecule has 0 heterocycles. The number of carbonyl (C=O) groups excluding carboxylic acids is 1. The van der Waals surface area contributed by atoms with Crippen molar-refractivity contribution in [1.29, 1.82) is 0 Å². The SMILES string of the molecule is C=C(COC=O)CC(C)CC. The summed E-state index contributed by atoms with van der Waals surface area (Å²) in [6.45, 7) is 8.92. The van der Waals surface area contributed by atoms with Gasteiger partial charge in [-0.2, -0.15) is 0 Å². The van der Waals surface area contributed by atoms with Crippen LogP contribution < -0.4 is 0 Å². The molecule has 1 atom stereocenters. The van der Waals surface area contributed by atoms with Crippen LogP contribution in [0.4, 0.5) is 0 Å². The first kappa shape index (κ1) is 10.2. The fraction of sp³-hybridized carbons (Fsp3) is 0.667. The summed E-state index contributed by atoms with van der Waals surface area (Å²) in [7, 11) is 0. The minimum Gasteiger partial charge on any atom is -0.463 e. The molecule has 0 radical (unpaired) electrons. The molecule has 11 heavy (non-hydrogen) atoms. The Morgan fingerprint density at radius 2 is 2.36 bits per heavy atom. The Morgan fingerprint density at radius 1 is 1.73 bits per heavy atom. The molecule has 2 nitrogen and oxygen atoms in total. The zero-order valence-electron chi connectivity index (χ0n) is 7.30. The molecule has 0 aromatic carbocycles. The van der Waals surface area contributed by atoms with Crippen LogP contribution in [0.5, 0.6) is 0 Å². The fourth-order valence-corrected chi connectivity index (χ4v) is 0.848. The smallest absolute Gasteiger partial charge is 0.293 e. The molecule has 64 valence electrons. The lowest BCUT2D eigenvalue weighted by atomic mass is 10.0. The first-order valence-electron chi connectivity index (χ1n) is 3.92. The summed E-state index contributed by atoms with van der Waals surface area (Å²) in [5, 5.41) is 0. The van der Waals surface area contributed by atoms with E-state index in [4.69, 9.17) is 0 Å². The van der Waals surface area contributed by atoms with E-state index in [-0.39, 0.29) is 0 Å². The van der Waals surface area contributed by atoms with Crippen LogP contribution in [0.25, 0.3) is 0 Å². The predicted molar refractivity (Wildman–Crippen MR) is 45.2 cm³/mol.